The van der Waals surface area contributed by atoms with Crippen LogP contribution in [-0.2, 0) is 4.74 Å². The van der Waals surface area contributed by atoms with Crippen LogP contribution in [0.15, 0.2) is 36.5 Å². The van der Waals surface area contributed by atoms with Crippen molar-refractivity contribution in [2.24, 2.45) is 5.92 Å². The quantitative estimate of drug-likeness (QED) is 0.849. The van der Waals surface area contributed by atoms with Crippen LogP contribution in [-0.4, -0.2) is 30.8 Å². The normalized spacial score (nSPS) is 23.1. The molecule has 0 bridgehead atoms. The lowest BCUT2D eigenvalue weighted by atomic mass is 9.90. The third-order valence-electron chi connectivity index (χ3n) is 4.85. The molecule has 1 unspecified atom stereocenters. The van der Waals surface area contributed by atoms with Gasteiger partial charge in [-0.3, -0.25) is 0 Å². The number of thiazole rings is 1. The molecule has 4 heteroatoms. The van der Waals surface area contributed by atoms with Crippen LogP contribution in [0.3, 0.4) is 0 Å². The maximum Gasteiger partial charge on any atom is 0.185 e. The average Bonchev–Trinajstić information content (AvgIpc) is 3.28. The number of rotatable bonds is 3. The number of benzene rings is 1. The molecule has 1 aromatic carbocycles. The van der Waals surface area contributed by atoms with Gasteiger partial charge in [0.05, 0.1) is 11.0 Å². The van der Waals surface area contributed by atoms with Gasteiger partial charge in [0.1, 0.15) is 0 Å². The minimum Gasteiger partial charge on any atom is -0.378 e. The van der Waals surface area contributed by atoms with Crippen molar-refractivity contribution >= 4 is 16.5 Å². The predicted octanol–water partition coefficient (Wildman–Crippen LogP) is 4.21. The van der Waals surface area contributed by atoms with Crippen LogP contribution in [0.25, 0.3) is 10.4 Å². The van der Waals surface area contributed by atoms with E-state index in [4.69, 9.17) is 4.74 Å². The first-order chi connectivity index (χ1) is 10.9. The van der Waals surface area contributed by atoms with E-state index in [-0.39, 0.29) is 0 Å². The van der Waals surface area contributed by atoms with Crippen LogP contribution >= 0.6 is 11.3 Å². The Hall–Kier alpha value is -1.39. The maximum atomic E-state index is 5.86. The second kappa shape index (κ2) is 6.39. The fourth-order valence-corrected chi connectivity index (χ4v) is 4.56. The minimum absolute atomic E-state index is 0.526. The Kier molecular flexibility index (Phi) is 4.13. The summed E-state index contributed by atoms with van der Waals surface area (Å²) in [6.45, 7) is 3.20. The summed E-state index contributed by atoms with van der Waals surface area (Å²) >= 11 is 1.81. The van der Waals surface area contributed by atoms with Gasteiger partial charge in [-0.2, -0.15) is 0 Å². The standard InChI is InChI=1S/C18H22N2OS/c1-2-5-15(6-3-1)17-13-19-18(22-17)20-10-8-14(9-11-20)16-7-4-12-21-16/h1-3,5-6,13-14,16H,4,7-12H2. The highest BCUT2D eigenvalue weighted by Crippen LogP contribution is 2.35. The fourth-order valence-electron chi connectivity index (χ4n) is 3.58. The van der Waals surface area contributed by atoms with Gasteiger partial charge < -0.3 is 9.64 Å². The number of piperidine rings is 1. The van der Waals surface area contributed by atoms with Gasteiger partial charge in [0, 0.05) is 25.9 Å². The highest BCUT2D eigenvalue weighted by Gasteiger charge is 2.30. The van der Waals surface area contributed by atoms with Gasteiger partial charge in [-0.1, -0.05) is 41.7 Å². The zero-order chi connectivity index (χ0) is 14.8. The molecule has 0 aliphatic carbocycles. The molecular weight excluding hydrogens is 292 g/mol. The highest BCUT2D eigenvalue weighted by molar-refractivity contribution is 7.18. The Balaban J connectivity index is 1.40. The monoisotopic (exact) mass is 314 g/mol. The Labute approximate surface area is 135 Å². The lowest BCUT2D eigenvalue weighted by molar-refractivity contribution is 0.0531. The largest absolute Gasteiger partial charge is 0.378 e. The molecular formula is C18H22N2OS. The minimum atomic E-state index is 0.526. The van der Waals surface area contributed by atoms with Crippen molar-refractivity contribution in [2.45, 2.75) is 31.8 Å². The summed E-state index contributed by atoms with van der Waals surface area (Å²) in [5, 5.41) is 1.17. The molecule has 116 valence electrons. The van der Waals surface area contributed by atoms with Crippen LogP contribution in [0.5, 0.6) is 0 Å². The van der Waals surface area contributed by atoms with Crippen LogP contribution in [0.1, 0.15) is 25.7 Å². The summed E-state index contributed by atoms with van der Waals surface area (Å²) < 4.78 is 5.86. The zero-order valence-electron chi connectivity index (χ0n) is 12.8. The van der Waals surface area contributed by atoms with Crippen LogP contribution in [0.2, 0.25) is 0 Å². The summed E-state index contributed by atoms with van der Waals surface area (Å²) in [6.07, 6.45) is 7.54. The smallest absolute Gasteiger partial charge is 0.185 e. The van der Waals surface area contributed by atoms with Crippen molar-refractivity contribution in [1.82, 2.24) is 4.98 Å². The maximum absolute atomic E-state index is 5.86. The SMILES string of the molecule is c1ccc(-c2cnc(N3CCC(C4CCCO4)CC3)s2)cc1. The Morgan fingerprint density at radius 1 is 1.09 bits per heavy atom. The Bertz CT molecular complexity index is 599. The Morgan fingerprint density at radius 3 is 2.64 bits per heavy atom. The second-order valence-corrected chi connectivity index (χ2v) is 7.26. The third-order valence-corrected chi connectivity index (χ3v) is 5.96. The molecule has 22 heavy (non-hydrogen) atoms. The third kappa shape index (κ3) is 2.90. The number of hydrogen-bond acceptors (Lipinski definition) is 4. The van der Waals surface area contributed by atoms with E-state index in [2.05, 4.69) is 40.2 Å². The van der Waals surface area contributed by atoms with E-state index >= 15 is 0 Å². The van der Waals surface area contributed by atoms with E-state index in [1.165, 1.54) is 41.3 Å². The molecule has 0 saturated carbocycles. The van der Waals surface area contributed by atoms with E-state index < -0.39 is 0 Å². The van der Waals surface area contributed by atoms with E-state index in [0.717, 1.165) is 25.6 Å². The van der Waals surface area contributed by atoms with Gasteiger partial charge in [0.15, 0.2) is 5.13 Å². The van der Waals surface area contributed by atoms with Gasteiger partial charge in [0.2, 0.25) is 0 Å². The molecule has 1 aromatic heterocycles. The van der Waals surface area contributed by atoms with Crippen molar-refractivity contribution in [3.8, 4) is 10.4 Å². The molecule has 0 amide bonds. The van der Waals surface area contributed by atoms with Gasteiger partial charge >= 0.3 is 0 Å². The number of aromatic nitrogens is 1. The molecule has 2 aliphatic rings. The molecule has 0 spiro atoms. The van der Waals surface area contributed by atoms with Crippen molar-refractivity contribution < 1.29 is 4.74 Å². The lowest BCUT2D eigenvalue weighted by Gasteiger charge is -2.34. The molecule has 2 aliphatic heterocycles. The molecule has 2 aromatic rings. The van der Waals surface area contributed by atoms with Crippen molar-refractivity contribution in [3.63, 3.8) is 0 Å². The lowest BCUT2D eigenvalue weighted by Crippen LogP contribution is -2.37. The van der Waals surface area contributed by atoms with E-state index in [0.29, 0.717) is 6.10 Å². The summed E-state index contributed by atoms with van der Waals surface area (Å²) in [4.78, 5) is 8.36. The highest BCUT2D eigenvalue weighted by atomic mass is 32.1. The summed E-state index contributed by atoms with van der Waals surface area (Å²) in [5.74, 6) is 0.757. The van der Waals surface area contributed by atoms with Gasteiger partial charge in [-0.15, -0.1) is 0 Å². The van der Waals surface area contributed by atoms with E-state index in [1.54, 1.807) is 0 Å². The van der Waals surface area contributed by atoms with Crippen LogP contribution in [0, 0.1) is 5.92 Å². The fraction of sp³-hybridized carbons (Fsp3) is 0.500. The summed E-state index contributed by atoms with van der Waals surface area (Å²) in [6, 6.07) is 10.5. The van der Waals surface area contributed by atoms with Gasteiger partial charge in [-0.25, -0.2) is 4.98 Å². The van der Waals surface area contributed by atoms with Crippen molar-refractivity contribution in [3.05, 3.63) is 36.5 Å². The predicted molar refractivity (Wildman–Crippen MR) is 91.5 cm³/mol. The zero-order valence-corrected chi connectivity index (χ0v) is 13.6. The van der Waals surface area contributed by atoms with Crippen LogP contribution < -0.4 is 4.90 Å². The first kappa shape index (κ1) is 14.2. The molecule has 0 N–H and O–H groups in total. The molecule has 1 atom stereocenters. The van der Waals surface area contributed by atoms with Crippen LogP contribution in [0.4, 0.5) is 5.13 Å². The second-order valence-electron chi connectivity index (χ2n) is 6.25. The number of hydrogen-bond donors (Lipinski definition) is 0. The summed E-state index contributed by atoms with van der Waals surface area (Å²) in [5.41, 5.74) is 1.26. The van der Waals surface area contributed by atoms with E-state index in [1.807, 2.05) is 17.5 Å². The van der Waals surface area contributed by atoms with Gasteiger partial charge in [-0.05, 0) is 37.2 Å². The molecule has 0 radical (unpaired) electrons. The average molecular weight is 314 g/mol. The topological polar surface area (TPSA) is 25.4 Å². The van der Waals surface area contributed by atoms with E-state index in [9.17, 15) is 0 Å². The Morgan fingerprint density at radius 2 is 1.91 bits per heavy atom. The summed E-state index contributed by atoms with van der Waals surface area (Å²) in [7, 11) is 0. The molecule has 2 saturated heterocycles. The number of nitrogens with zero attached hydrogens (tertiary/aromatic N) is 2. The molecule has 4 rings (SSSR count). The molecule has 2 fully saturated rings. The van der Waals surface area contributed by atoms with Gasteiger partial charge in [0.25, 0.3) is 0 Å². The first-order valence-electron chi connectivity index (χ1n) is 8.28. The molecule has 3 heterocycles. The first-order valence-corrected chi connectivity index (χ1v) is 9.09. The molecule has 3 nitrogen and oxygen atoms in total. The number of ether oxygens (including phenoxy) is 1. The number of anilines is 1. The van der Waals surface area contributed by atoms with Crippen molar-refractivity contribution in [1.29, 1.82) is 0 Å². The van der Waals surface area contributed by atoms with Crippen molar-refractivity contribution in [2.75, 3.05) is 24.6 Å².